The summed E-state index contributed by atoms with van der Waals surface area (Å²) in [7, 11) is 0. The van der Waals surface area contributed by atoms with Crippen molar-refractivity contribution < 1.29 is 14.7 Å². The van der Waals surface area contributed by atoms with Crippen molar-refractivity contribution in [2.75, 3.05) is 25.1 Å². The molecule has 2 heterocycles. The largest absolute Gasteiger partial charge is 0.480 e. The van der Waals surface area contributed by atoms with E-state index >= 15 is 0 Å². The number of carbonyl (C=O) groups is 2. The fraction of sp³-hybridized carbons (Fsp3) is 0.417. The lowest BCUT2D eigenvalue weighted by molar-refractivity contribution is -0.143. The van der Waals surface area contributed by atoms with Crippen LogP contribution in [0.2, 0.25) is 0 Å². The maximum atomic E-state index is 11.7. The number of hydrogen-bond acceptors (Lipinski definition) is 6. The van der Waals surface area contributed by atoms with Crippen LogP contribution in [0, 0.1) is 0 Å². The van der Waals surface area contributed by atoms with E-state index in [9.17, 15) is 9.59 Å². The van der Waals surface area contributed by atoms with Gasteiger partial charge in [-0.3, -0.25) is 25.3 Å². The molecular formula is C12H17N5O3. The summed E-state index contributed by atoms with van der Waals surface area (Å²) >= 11 is 0. The Kier molecular flexibility index (Phi) is 4.16. The Balaban J connectivity index is 1.77. The summed E-state index contributed by atoms with van der Waals surface area (Å²) in [5.74, 6) is -0.779. The number of hydrogen-bond donors (Lipinski definition) is 4. The number of aromatic nitrogens is 1. The van der Waals surface area contributed by atoms with Gasteiger partial charge in [0.1, 0.15) is 11.4 Å². The number of nitrogens with zero attached hydrogens (tertiary/aromatic N) is 2. The molecule has 1 saturated heterocycles. The van der Waals surface area contributed by atoms with Gasteiger partial charge in [-0.05, 0) is 18.6 Å². The predicted molar refractivity (Wildman–Crippen MR) is 71.6 cm³/mol. The van der Waals surface area contributed by atoms with Crippen LogP contribution < -0.4 is 16.6 Å². The molecule has 0 spiro atoms. The van der Waals surface area contributed by atoms with Crippen molar-refractivity contribution in [2.24, 2.45) is 5.73 Å². The first kappa shape index (κ1) is 14.2. The van der Waals surface area contributed by atoms with Crippen LogP contribution in [-0.4, -0.2) is 52.0 Å². The van der Waals surface area contributed by atoms with Crippen molar-refractivity contribution in [3.63, 3.8) is 0 Å². The summed E-state index contributed by atoms with van der Waals surface area (Å²) in [6, 6.07) is 5.27. The molecular weight excluding hydrogens is 262 g/mol. The molecule has 1 aromatic rings. The molecule has 1 aliphatic heterocycles. The van der Waals surface area contributed by atoms with Gasteiger partial charge in [0, 0.05) is 19.3 Å². The van der Waals surface area contributed by atoms with E-state index in [1.807, 2.05) is 0 Å². The highest BCUT2D eigenvalue weighted by Gasteiger charge is 2.41. The van der Waals surface area contributed by atoms with E-state index in [0.717, 1.165) is 0 Å². The molecule has 8 heteroatoms. The highest BCUT2D eigenvalue weighted by Crippen LogP contribution is 2.18. The first-order chi connectivity index (χ1) is 9.49. The van der Waals surface area contributed by atoms with E-state index in [-0.39, 0.29) is 19.0 Å². The third-order valence-electron chi connectivity index (χ3n) is 3.17. The van der Waals surface area contributed by atoms with E-state index < -0.39 is 11.5 Å². The highest BCUT2D eigenvalue weighted by atomic mass is 16.4. The van der Waals surface area contributed by atoms with E-state index in [2.05, 4.69) is 15.8 Å². The first-order valence-electron chi connectivity index (χ1n) is 6.20. The van der Waals surface area contributed by atoms with Gasteiger partial charge in [0.15, 0.2) is 0 Å². The zero-order valence-electron chi connectivity index (χ0n) is 10.9. The normalized spacial score (nSPS) is 22.4. The summed E-state index contributed by atoms with van der Waals surface area (Å²) in [4.78, 5) is 28.4. The molecule has 5 N–H and O–H groups in total. The maximum Gasteiger partial charge on any atom is 0.325 e. The SMILES string of the molecule is NC1(C(=O)O)CCN(CC(=O)NNc2ccccn2)C1. The molecule has 8 nitrogen and oxygen atoms in total. The van der Waals surface area contributed by atoms with Crippen LogP contribution in [0.15, 0.2) is 24.4 Å². The third-order valence-corrected chi connectivity index (χ3v) is 3.17. The fourth-order valence-corrected chi connectivity index (χ4v) is 2.04. The van der Waals surface area contributed by atoms with Crippen LogP contribution in [0.1, 0.15) is 6.42 Å². The lowest BCUT2D eigenvalue weighted by atomic mass is 10.0. The number of pyridine rings is 1. The molecule has 0 aromatic carbocycles. The van der Waals surface area contributed by atoms with Gasteiger partial charge < -0.3 is 10.8 Å². The minimum atomic E-state index is -1.26. The van der Waals surface area contributed by atoms with Crippen molar-refractivity contribution in [1.82, 2.24) is 15.3 Å². The minimum absolute atomic E-state index is 0.0893. The fourth-order valence-electron chi connectivity index (χ4n) is 2.04. The molecule has 0 bridgehead atoms. The zero-order valence-corrected chi connectivity index (χ0v) is 10.9. The number of carboxylic acid groups (broad SMARTS) is 1. The molecule has 2 rings (SSSR count). The number of nitrogens with one attached hydrogen (secondary N) is 2. The van der Waals surface area contributed by atoms with Crippen LogP contribution in [-0.2, 0) is 9.59 Å². The minimum Gasteiger partial charge on any atom is -0.480 e. The van der Waals surface area contributed by atoms with Gasteiger partial charge in [-0.15, -0.1) is 0 Å². The van der Waals surface area contributed by atoms with Gasteiger partial charge in [-0.2, -0.15) is 0 Å². The molecule has 0 aliphatic carbocycles. The molecule has 1 aromatic heterocycles. The van der Waals surface area contributed by atoms with Crippen molar-refractivity contribution in [1.29, 1.82) is 0 Å². The number of anilines is 1. The second kappa shape index (κ2) is 5.85. The predicted octanol–water partition coefficient (Wildman–Crippen LogP) is -0.987. The molecule has 0 saturated carbocycles. The van der Waals surface area contributed by atoms with Crippen LogP contribution in [0.5, 0.6) is 0 Å². The zero-order chi connectivity index (χ0) is 14.6. The monoisotopic (exact) mass is 279 g/mol. The number of likely N-dealkylation sites (tertiary alicyclic amines) is 1. The van der Waals surface area contributed by atoms with E-state index in [0.29, 0.717) is 18.8 Å². The summed E-state index contributed by atoms with van der Waals surface area (Å²) in [5.41, 5.74) is 9.66. The topological polar surface area (TPSA) is 121 Å². The Bertz CT molecular complexity index is 495. The first-order valence-corrected chi connectivity index (χ1v) is 6.20. The quantitative estimate of drug-likeness (QED) is 0.511. The summed E-state index contributed by atoms with van der Waals surface area (Å²) in [5, 5.41) is 9.00. The van der Waals surface area contributed by atoms with Crippen LogP contribution in [0.3, 0.4) is 0 Å². The third kappa shape index (κ3) is 3.43. The summed E-state index contributed by atoms with van der Waals surface area (Å²) in [6.45, 7) is 0.741. The Morgan fingerprint density at radius 2 is 2.30 bits per heavy atom. The Hall–Kier alpha value is -2.19. The number of nitrogens with two attached hydrogens (primary N) is 1. The summed E-state index contributed by atoms with van der Waals surface area (Å²) < 4.78 is 0. The smallest absolute Gasteiger partial charge is 0.325 e. The van der Waals surface area contributed by atoms with Crippen LogP contribution in [0.25, 0.3) is 0 Å². The number of carboxylic acids is 1. The number of carbonyl (C=O) groups excluding carboxylic acids is 1. The average Bonchev–Trinajstić information content (AvgIpc) is 2.80. The van der Waals surface area contributed by atoms with Gasteiger partial charge in [0.05, 0.1) is 6.54 Å². The van der Waals surface area contributed by atoms with Crippen molar-refractivity contribution in [2.45, 2.75) is 12.0 Å². The van der Waals surface area contributed by atoms with E-state index in [1.54, 1.807) is 29.3 Å². The Labute approximate surface area is 115 Å². The second-order valence-corrected chi connectivity index (χ2v) is 4.81. The molecule has 1 fully saturated rings. The van der Waals surface area contributed by atoms with Crippen LogP contribution >= 0.6 is 0 Å². The van der Waals surface area contributed by atoms with Crippen LogP contribution in [0.4, 0.5) is 5.82 Å². The highest BCUT2D eigenvalue weighted by molar-refractivity contribution is 5.81. The summed E-state index contributed by atoms with van der Waals surface area (Å²) in [6.07, 6.45) is 1.94. The van der Waals surface area contributed by atoms with E-state index in [4.69, 9.17) is 10.8 Å². The van der Waals surface area contributed by atoms with E-state index in [1.165, 1.54) is 0 Å². The molecule has 1 amide bonds. The molecule has 1 atom stereocenters. The lowest BCUT2D eigenvalue weighted by Gasteiger charge is -2.19. The second-order valence-electron chi connectivity index (χ2n) is 4.81. The van der Waals surface area contributed by atoms with Gasteiger partial charge in [0.2, 0.25) is 0 Å². The number of aliphatic carboxylic acids is 1. The molecule has 0 radical (unpaired) electrons. The number of rotatable bonds is 5. The van der Waals surface area contributed by atoms with Crippen molar-refractivity contribution in [3.05, 3.63) is 24.4 Å². The van der Waals surface area contributed by atoms with Gasteiger partial charge >= 0.3 is 5.97 Å². The van der Waals surface area contributed by atoms with Crippen molar-refractivity contribution >= 4 is 17.7 Å². The molecule has 1 unspecified atom stereocenters. The lowest BCUT2D eigenvalue weighted by Crippen LogP contribution is -2.51. The maximum absolute atomic E-state index is 11.7. The van der Waals surface area contributed by atoms with Crippen molar-refractivity contribution in [3.8, 4) is 0 Å². The number of hydrazine groups is 1. The molecule has 1 aliphatic rings. The van der Waals surface area contributed by atoms with Gasteiger partial charge in [-0.1, -0.05) is 6.07 Å². The standard InChI is InChI=1S/C12H17N5O3/c13-12(11(19)20)4-6-17(8-12)7-10(18)16-15-9-3-1-2-5-14-9/h1-3,5H,4,6-8,13H2,(H,14,15)(H,16,18)(H,19,20). The van der Waals surface area contributed by atoms with Gasteiger partial charge in [0.25, 0.3) is 5.91 Å². The number of amides is 1. The van der Waals surface area contributed by atoms with Gasteiger partial charge in [-0.25, -0.2) is 4.98 Å². The molecule has 108 valence electrons. The Morgan fingerprint density at radius 1 is 1.50 bits per heavy atom. The molecule has 20 heavy (non-hydrogen) atoms. The average molecular weight is 279 g/mol. The Morgan fingerprint density at radius 3 is 2.90 bits per heavy atom.